The fourth-order valence-corrected chi connectivity index (χ4v) is 3.09. The fraction of sp³-hybridized carbons (Fsp3) is 0.643. The lowest BCUT2D eigenvalue weighted by molar-refractivity contribution is -0.135. The highest BCUT2D eigenvalue weighted by atomic mass is 16.2. The van der Waals surface area contributed by atoms with Crippen LogP contribution in [0, 0.1) is 0 Å². The van der Waals surface area contributed by atoms with Gasteiger partial charge < -0.3 is 9.88 Å². The zero-order valence-corrected chi connectivity index (χ0v) is 11.7. The summed E-state index contributed by atoms with van der Waals surface area (Å²) in [5.41, 5.74) is 2.23. The number of hydrogen-bond acceptors (Lipinski definition) is 4. The van der Waals surface area contributed by atoms with Crippen LogP contribution >= 0.6 is 0 Å². The highest BCUT2D eigenvalue weighted by Crippen LogP contribution is 2.27. The standard InChI is InChI=1S/C14H20N4O2/c1-2-3-12-16-9-8-15-7-6-10(9)18(12)11-4-5-13(19)17-14(11)20/h11,15H,2-8H2,1H3,(H,17,19,20). The first-order valence-electron chi connectivity index (χ1n) is 7.34. The number of aryl methyl sites for hydroxylation is 1. The third-order valence-electron chi connectivity index (χ3n) is 3.99. The maximum atomic E-state index is 12.1. The Kier molecular flexibility index (Phi) is 3.56. The number of imide groups is 1. The number of carbonyl (C=O) groups excluding carboxylic acids is 2. The van der Waals surface area contributed by atoms with Gasteiger partial charge in [0.2, 0.25) is 11.8 Å². The van der Waals surface area contributed by atoms with Crippen molar-refractivity contribution >= 4 is 11.8 Å². The molecule has 0 radical (unpaired) electrons. The Morgan fingerprint density at radius 2 is 2.20 bits per heavy atom. The molecule has 0 saturated carbocycles. The average Bonchev–Trinajstić information content (AvgIpc) is 2.78. The summed E-state index contributed by atoms with van der Waals surface area (Å²) in [5.74, 6) is 0.631. The summed E-state index contributed by atoms with van der Waals surface area (Å²) in [5, 5.41) is 5.77. The Bertz CT molecular complexity index is 550. The van der Waals surface area contributed by atoms with Gasteiger partial charge in [-0.15, -0.1) is 0 Å². The minimum Gasteiger partial charge on any atom is -0.319 e. The van der Waals surface area contributed by atoms with Crippen LogP contribution in [0.15, 0.2) is 0 Å². The molecule has 2 aliphatic rings. The van der Waals surface area contributed by atoms with Crippen molar-refractivity contribution in [2.75, 3.05) is 6.54 Å². The second kappa shape index (κ2) is 5.36. The van der Waals surface area contributed by atoms with Gasteiger partial charge in [0.25, 0.3) is 0 Å². The van der Waals surface area contributed by atoms with Crippen molar-refractivity contribution in [1.82, 2.24) is 20.2 Å². The van der Waals surface area contributed by atoms with E-state index in [1.807, 2.05) is 0 Å². The summed E-state index contributed by atoms with van der Waals surface area (Å²) in [6.45, 7) is 3.80. The van der Waals surface area contributed by atoms with Gasteiger partial charge >= 0.3 is 0 Å². The number of amides is 2. The Morgan fingerprint density at radius 3 is 2.95 bits per heavy atom. The number of carbonyl (C=O) groups is 2. The van der Waals surface area contributed by atoms with E-state index >= 15 is 0 Å². The summed E-state index contributed by atoms with van der Waals surface area (Å²) in [7, 11) is 0. The van der Waals surface area contributed by atoms with Crippen molar-refractivity contribution in [3.8, 4) is 0 Å². The summed E-state index contributed by atoms with van der Waals surface area (Å²) in [6.07, 6.45) is 3.75. The van der Waals surface area contributed by atoms with E-state index in [4.69, 9.17) is 4.98 Å². The van der Waals surface area contributed by atoms with Crippen LogP contribution in [-0.2, 0) is 29.0 Å². The first-order valence-corrected chi connectivity index (χ1v) is 7.34. The molecule has 0 spiro atoms. The van der Waals surface area contributed by atoms with Crippen LogP contribution < -0.4 is 10.6 Å². The second-order valence-corrected chi connectivity index (χ2v) is 5.44. The number of nitrogens with one attached hydrogen (secondary N) is 2. The smallest absolute Gasteiger partial charge is 0.249 e. The Morgan fingerprint density at radius 1 is 1.35 bits per heavy atom. The molecular formula is C14H20N4O2. The monoisotopic (exact) mass is 276 g/mol. The van der Waals surface area contributed by atoms with E-state index in [-0.39, 0.29) is 17.9 Å². The van der Waals surface area contributed by atoms with Gasteiger partial charge in [0.05, 0.1) is 5.69 Å². The van der Waals surface area contributed by atoms with Crippen molar-refractivity contribution in [3.63, 3.8) is 0 Å². The van der Waals surface area contributed by atoms with E-state index in [1.54, 1.807) is 0 Å². The van der Waals surface area contributed by atoms with Crippen molar-refractivity contribution in [2.24, 2.45) is 0 Å². The van der Waals surface area contributed by atoms with Crippen LogP contribution in [-0.4, -0.2) is 27.9 Å². The quantitative estimate of drug-likeness (QED) is 0.786. The van der Waals surface area contributed by atoms with Gasteiger partial charge in [-0.25, -0.2) is 4.98 Å². The SMILES string of the molecule is CCCc1nc2c(n1C1CCC(=O)NC1=O)CCNC2. The lowest BCUT2D eigenvalue weighted by atomic mass is 10.0. The minimum absolute atomic E-state index is 0.168. The molecule has 0 aliphatic carbocycles. The van der Waals surface area contributed by atoms with Crippen molar-refractivity contribution in [3.05, 3.63) is 17.2 Å². The molecule has 2 N–H and O–H groups in total. The molecule has 2 amide bonds. The number of piperidine rings is 1. The number of rotatable bonds is 3. The molecule has 3 rings (SSSR count). The first kappa shape index (κ1) is 13.3. The average molecular weight is 276 g/mol. The fourth-order valence-electron chi connectivity index (χ4n) is 3.09. The van der Waals surface area contributed by atoms with Crippen LogP contribution in [0.1, 0.15) is 49.4 Å². The number of hydrogen-bond donors (Lipinski definition) is 2. The van der Waals surface area contributed by atoms with Gasteiger partial charge in [-0.1, -0.05) is 6.92 Å². The minimum atomic E-state index is -0.274. The maximum absolute atomic E-state index is 12.1. The van der Waals surface area contributed by atoms with E-state index in [0.717, 1.165) is 43.9 Å². The summed E-state index contributed by atoms with van der Waals surface area (Å²) in [4.78, 5) is 28.2. The summed E-state index contributed by atoms with van der Waals surface area (Å²) < 4.78 is 2.10. The topological polar surface area (TPSA) is 76.0 Å². The molecule has 0 aromatic carbocycles. The summed E-state index contributed by atoms with van der Waals surface area (Å²) >= 11 is 0. The van der Waals surface area contributed by atoms with E-state index < -0.39 is 0 Å². The molecule has 1 atom stereocenters. The molecule has 1 unspecified atom stereocenters. The van der Waals surface area contributed by atoms with Gasteiger partial charge in [0.15, 0.2) is 0 Å². The predicted molar refractivity (Wildman–Crippen MR) is 73.1 cm³/mol. The third-order valence-corrected chi connectivity index (χ3v) is 3.99. The third kappa shape index (κ3) is 2.24. The zero-order valence-electron chi connectivity index (χ0n) is 11.7. The molecule has 20 heavy (non-hydrogen) atoms. The first-order chi connectivity index (χ1) is 9.70. The lowest BCUT2D eigenvalue weighted by Gasteiger charge is -2.26. The predicted octanol–water partition coefficient (Wildman–Crippen LogP) is 0.459. The van der Waals surface area contributed by atoms with Crippen molar-refractivity contribution in [1.29, 1.82) is 0 Å². The van der Waals surface area contributed by atoms with E-state index in [2.05, 4.69) is 22.1 Å². The largest absolute Gasteiger partial charge is 0.319 e. The molecule has 6 nitrogen and oxygen atoms in total. The normalized spacial score (nSPS) is 22.6. The lowest BCUT2D eigenvalue weighted by Crippen LogP contribution is -2.43. The second-order valence-electron chi connectivity index (χ2n) is 5.44. The Labute approximate surface area is 117 Å². The Hall–Kier alpha value is -1.69. The molecule has 6 heteroatoms. The van der Waals surface area contributed by atoms with Crippen LogP contribution in [0.4, 0.5) is 0 Å². The molecule has 2 aliphatic heterocycles. The Balaban J connectivity index is 2.00. The van der Waals surface area contributed by atoms with Gasteiger partial charge in [-0.3, -0.25) is 14.9 Å². The van der Waals surface area contributed by atoms with Crippen LogP contribution in [0.3, 0.4) is 0 Å². The van der Waals surface area contributed by atoms with E-state index in [9.17, 15) is 9.59 Å². The van der Waals surface area contributed by atoms with Crippen LogP contribution in [0.25, 0.3) is 0 Å². The van der Waals surface area contributed by atoms with Crippen molar-refractivity contribution in [2.45, 2.75) is 51.6 Å². The molecule has 0 bridgehead atoms. The molecule has 3 heterocycles. The number of fused-ring (bicyclic) bond motifs is 1. The number of imidazole rings is 1. The molecule has 1 fully saturated rings. The number of aromatic nitrogens is 2. The van der Waals surface area contributed by atoms with Crippen molar-refractivity contribution < 1.29 is 9.59 Å². The highest BCUT2D eigenvalue weighted by Gasteiger charge is 2.32. The molecule has 1 aromatic heterocycles. The number of nitrogens with zero attached hydrogens (tertiary/aromatic N) is 2. The maximum Gasteiger partial charge on any atom is 0.249 e. The highest BCUT2D eigenvalue weighted by molar-refractivity contribution is 5.99. The molecular weight excluding hydrogens is 256 g/mol. The van der Waals surface area contributed by atoms with Gasteiger partial charge in [-0.2, -0.15) is 0 Å². The van der Waals surface area contributed by atoms with Crippen LogP contribution in [0.2, 0.25) is 0 Å². The van der Waals surface area contributed by atoms with Crippen LogP contribution in [0.5, 0.6) is 0 Å². The zero-order chi connectivity index (χ0) is 14.1. The van der Waals surface area contributed by atoms with Gasteiger partial charge in [-0.05, 0) is 12.8 Å². The van der Waals surface area contributed by atoms with E-state index in [1.165, 1.54) is 5.69 Å². The summed E-state index contributed by atoms with van der Waals surface area (Å²) in [6, 6.07) is -0.274. The van der Waals surface area contributed by atoms with Gasteiger partial charge in [0.1, 0.15) is 11.9 Å². The molecule has 1 saturated heterocycles. The molecule has 1 aromatic rings. The van der Waals surface area contributed by atoms with Gasteiger partial charge in [0, 0.05) is 38.0 Å². The molecule has 108 valence electrons. The van der Waals surface area contributed by atoms with E-state index in [0.29, 0.717) is 12.8 Å².